The van der Waals surface area contributed by atoms with Crippen molar-refractivity contribution in [3.8, 4) is 0 Å². The summed E-state index contributed by atoms with van der Waals surface area (Å²) in [4.78, 5) is 0. The van der Waals surface area contributed by atoms with Crippen LogP contribution in [-0.4, -0.2) is 23.0 Å². The largest absolute Gasteiger partial charge is 0.379 e. The Morgan fingerprint density at radius 3 is 3.00 bits per heavy atom. The average Bonchev–Trinajstić information content (AvgIpc) is 2.85. The maximum absolute atomic E-state index is 5.37. The summed E-state index contributed by atoms with van der Waals surface area (Å²) in [5.41, 5.74) is 1.21. The van der Waals surface area contributed by atoms with Gasteiger partial charge >= 0.3 is 0 Å². The highest BCUT2D eigenvalue weighted by Gasteiger charge is 2.19. The number of aromatic nitrogens is 2. The molecule has 1 saturated heterocycles. The van der Waals surface area contributed by atoms with Crippen molar-refractivity contribution in [2.45, 2.75) is 12.5 Å². The molecule has 1 aromatic heterocycles. The van der Waals surface area contributed by atoms with E-state index in [9.17, 15) is 0 Å². The summed E-state index contributed by atoms with van der Waals surface area (Å²) in [5.74, 6) is 0. The molecule has 0 aliphatic carbocycles. The molecule has 1 fully saturated rings. The second-order valence-electron chi connectivity index (χ2n) is 3.67. The lowest BCUT2D eigenvalue weighted by molar-refractivity contribution is 0.185. The van der Waals surface area contributed by atoms with E-state index in [0.717, 1.165) is 19.6 Å². The monoisotopic (exact) mass is 224 g/mol. The molecule has 0 spiro atoms. The van der Waals surface area contributed by atoms with Crippen molar-refractivity contribution in [3.05, 3.63) is 30.5 Å². The van der Waals surface area contributed by atoms with Crippen LogP contribution in [0.2, 0.25) is 0 Å². The Balaban J connectivity index is 0.000000853. The van der Waals surface area contributed by atoms with Crippen LogP contribution >= 0.6 is 12.4 Å². The van der Waals surface area contributed by atoms with Gasteiger partial charge < -0.3 is 4.74 Å². The SMILES string of the molecule is Cl.c1ccc2c(c1)cnn2C1CCOC1. The first kappa shape index (κ1) is 10.5. The number of rotatable bonds is 1. The zero-order chi connectivity index (χ0) is 9.38. The molecule has 15 heavy (non-hydrogen) atoms. The molecule has 0 N–H and O–H groups in total. The minimum Gasteiger partial charge on any atom is -0.379 e. The van der Waals surface area contributed by atoms with Crippen molar-refractivity contribution in [2.75, 3.05) is 13.2 Å². The molecule has 80 valence electrons. The second kappa shape index (κ2) is 4.21. The molecule has 2 aromatic rings. The number of hydrogen-bond donors (Lipinski definition) is 0. The van der Waals surface area contributed by atoms with Crippen LogP contribution in [0.3, 0.4) is 0 Å². The minimum absolute atomic E-state index is 0. The van der Waals surface area contributed by atoms with Gasteiger partial charge in [0.25, 0.3) is 0 Å². The van der Waals surface area contributed by atoms with E-state index < -0.39 is 0 Å². The summed E-state index contributed by atoms with van der Waals surface area (Å²) in [6.07, 6.45) is 3.00. The highest BCUT2D eigenvalue weighted by molar-refractivity contribution is 5.85. The fraction of sp³-hybridized carbons (Fsp3) is 0.364. The predicted molar refractivity (Wildman–Crippen MR) is 61.5 cm³/mol. The Morgan fingerprint density at radius 2 is 2.20 bits per heavy atom. The van der Waals surface area contributed by atoms with Crippen LogP contribution in [0, 0.1) is 0 Å². The smallest absolute Gasteiger partial charge is 0.0781 e. The van der Waals surface area contributed by atoms with E-state index in [-0.39, 0.29) is 12.4 Å². The molecule has 1 atom stereocenters. The predicted octanol–water partition coefficient (Wildman–Crippen LogP) is 2.42. The molecule has 2 heterocycles. The number of fused-ring (bicyclic) bond motifs is 1. The molecule has 1 unspecified atom stereocenters. The fourth-order valence-corrected chi connectivity index (χ4v) is 2.00. The van der Waals surface area contributed by atoms with E-state index in [2.05, 4.69) is 28.0 Å². The molecule has 3 rings (SSSR count). The Kier molecular flexibility index (Phi) is 2.93. The molecule has 3 nitrogen and oxygen atoms in total. The minimum atomic E-state index is 0. The molecule has 1 aliphatic rings. The van der Waals surface area contributed by atoms with Crippen molar-refractivity contribution in [2.24, 2.45) is 0 Å². The van der Waals surface area contributed by atoms with Gasteiger partial charge in [0.05, 0.1) is 24.4 Å². The normalized spacial score (nSPS) is 20.4. The van der Waals surface area contributed by atoms with E-state index >= 15 is 0 Å². The number of para-hydroxylation sites is 1. The fourth-order valence-electron chi connectivity index (χ4n) is 2.00. The highest BCUT2D eigenvalue weighted by Crippen LogP contribution is 2.23. The zero-order valence-electron chi connectivity index (χ0n) is 8.30. The third-order valence-electron chi connectivity index (χ3n) is 2.76. The van der Waals surface area contributed by atoms with Gasteiger partial charge in [-0.05, 0) is 12.5 Å². The van der Waals surface area contributed by atoms with Gasteiger partial charge in [0.2, 0.25) is 0 Å². The topological polar surface area (TPSA) is 27.1 Å². The molecule has 1 aromatic carbocycles. The van der Waals surface area contributed by atoms with Crippen LogP contribution in [0.5, 0.6) is 0 Å². The van der Waals surface area contributed by atoms with E-state index in [0.29, 0.717) is 6.04 Å². The zero-order valence-corrected chi connectivity index (χ0v) is 9.11. The van der Waals surface area contributed by atoms with Crippen molar-refractivity contribution >= 4 is 23.3 Å². The Labute approximate surface area is 94.4 Å². The van der Waals surface area contributed by atoms with Gasteiger partial charge in [-0.2, -0.15) is 5.10 Å². The van der Waals surface area contributed by atoms with Gasteiger partial charge in [-0.3, -0.25) is 4.68 Å². The standard InChI is InChI=1S/C11H12N2O.ClH/c1-2-4-11-9(3-1)7-12-13(11)10-5-6-14-8-10;/h1-4,7,10H,5-6,8H2;1H. The van der Waals surface area contributed by atoms with Crippen LogP contribution in [-0.2, 0) is 4.74 Å². The summed E-state index contributed by atoms with van der Waals surface area (Å²) < 4.78 is 7.45. The Morgan fingerprint density at radius 1 is 1.33 bits per heavy atom. The lowest BCUT2D eigenvalue weighted by Gasteiger charge is -2.09. The van der Waals surface area contributed by atoms with Gasteiger partial charge in [0.1, 0.15) is 0 Å². The van der Waals surface area contributed by atoms with Crippen LogP contribution in [0.15, 0.2) is 30.5 Å². The number of nitrogens with zero attached hydrogens (tertiary/aromatic N) is 2. The Hall–Kier alpha value is -1.06. The van der Waals surface area contributed by atoms with Crippen molar-refractivity contribution in [3.63, 3.8) is 0 Å². The van der Waals surface area contributed by atoms with Gasteiger partial charge in [0.15, 0.2) is 0 Å². The first-order valence-corrected chi connectivity index (χ1v) is 4.95. The third-order valence-corrected chi connectivity index (χ3v) is 2.76. The van der Waals surface area contributed by atoms with E-state index in [1.165, 1.54) is 10.9 Å². The molecular weight excluding hydrogens is 212 g/mol. The molecular formula is C11H13ClN2O. The molecule has 0 bridgehead atoms. The Bertz CT molecular complexity index is 449. The van der Waals surface area contributed by atoms with Crippen LogP contribution in [0.4, 0.5) is 0 Å². The maximum Gasteiger partial charge on any atom is 0.0781 e. The van der Waals surface area contributed by atoms with Crippen LogP contribution < -0.4 is 0 Å². The van der Waals surface area contributed by atoms with E-state index in [1.807, 2.05) is 12.3 Å². The van der Waals surface area contributed by atoms with Crippen LogP contribution in [0.1, 0.15) is 12.5 Å². The molecule has 4 heteroatoms. The summed E-state index contributed by atoms with van der Waals surface area (Å²) in [5, 5.41) is 5.62. The third kappa shape index (κ3) is 1.73. The van der Waals surface area contributed by atoms with Crippen molar-refractivity contribution < 1.29 is 4.74 Å². The summed E-state index contributed by atoms with van der Waals surface area (Å²) >= 11 is 0. The quantitative estimate of drug-likeness (QED) is 0.744. The van der Waals surface area contributed by atoms with Crippen LogP contribution in [0.25, 0.3) is 10.9 Å². The van der Waals surface area contributed by atoms with E-state index in [4.69, 9.17) is 4.74 Å². The maximum atomic E-state index is 5.37. The first-order valence-electron chi connectivity index (χ1n) is 4.95. The van der Waals surface area contributed by atoms with Crippen molar-refractivity contribution in [1.29, 1.82) is 0 Å². The summed E-state index contributed by atoms with van der Waals surface area (Å²) in [6, 6.07) is 8.72. The highest BCUT2D eigenvalue weighted by atomic mass is 35.5. The van der Waals surface area contributed by atoms with Gasteiger partial charge in [-0.1, -0.05) is 18.2 Å². The van der Waals surface area contributed by atoms with E-state index in [1.54, 1.807) is 0 Å². The molecule has 0 radical (unpaired) electrons. The number of hydrogen-bond acceptors (Lipinski definition) is 2. The van der Waals surface area contributed by atoms with Gasteiger partial charge in [0, 0.05) is 12.0 Å². The summed E-state index contributed by atoms with van der Waals surface area (Å²) in [6.45, 7) is 1.66. The molecule has 0 amide bonds. The van der Waals surface area contributed by atoms with Crippen molar-refractivity contribution in [1.82, 2.24) is 9.78 Å². The lowest BCUT2D eigenvalue weighted by atomic mass is 10.2. The second-order valence-corrected chi connectivity index (χ2v) is 3.67. The first-order chi connectivity index (χ1) is 6.95. The number of benzene rings is 1. The average molecular weight is 225 g/mol. The number of ether oxygens (including phenoxy) is 1. The lowest BCUT2D eigenvalue weighted by Crippen LogP contribution is -2.09. The summed E-state index contributed by atoms with van der Waals surface area (Å²) in [7, 11) is 0. The molecule has 0 saturated carbocycles. The van der Waals surface area contributed by atoms with Gasteiger partial charge in [-0.15, -0.1) is 12.4 Å². The molecule has 1 aliphatic heterocycles. The number of halogens is 1. The van der Waals surface area contributed by atoms with Gasteiger partial charge in [-0.25, -0.2) is 0 Å².